The molecule has 1 saturated carbocycles. The molecule has 0 bridgehead atoms. The zero-order valence-electron chi connectivity index (χ0n) is 9.02. The number of carbonyl (C=O) groups is 1. The minimum Gasteiger partial charge on any atom is -0.444 e. The van der Waals surface area contributed by atoms with Crippen molar-refractivity contribution in [2.24, 2.45) is 0 Å². The van der Waals surface area contributed by atoms with E-state index in [9.17, 15) is 4.79 Å². The van der Waals surface area contributed by atoms with E-state index in [0.29, 0.717) is 0 Å². The van der Waals surface area contributed by atoms with Crippen LogP contribution in [0.25, 0.3) is 0 Å². The number of carbonyl (C=O) groups excluding carboxylic acids is 1. The molecule has 1 fully saturated rings. The van der Waals surface area contributed by atoms with Gasteiger partial charge in [0.2, 0.25) is 0 Å². The van der Waals surface area contributed by atoms with Crippen molar-refractivity contribution in [1.29, 1.82) is 0 Å². The Bertz CT molecular complexity index is 266. The fraction of sp³-hybridized carbons (Fsp3) is 0.727. The van der Waals surface area contributed by atoms with Gasteiger partial charge in [0.25, 0.3) is 0 Å². The summed E-state index contributed by atoms with van der Waals surface area (Å²) < 4.78 is 5.13. The summed E-state index contributed by atoms with van der Waals surface area (Å²) in [4.78, 5) is 11.4. The van der Waals surface area contributed by atoms with Gasteiger partial charge >= 0.3 is 6.09 Å². The molecule has 3 heteroatoms. The summed E-state index contributed by atoms with van der Waals surface area (Å²) >= 11 is 0. The highest BCUT2D eigenvalue weighted by Gasteiger charge is 2.37. The van der Waals surface area contributed by atoms with E-state index >= 15 is 0 Å². The first-order valence-electron chi connectivity index (χ1n) is 4.86. The molecular weight excluding hydrogens is 178 g/mol. The summed E-state index contributed by atoms with van der Waals surface area (Å²) in [6, 6.07) is 0. The number of hydrogen-bond donors (Lipinski definition) is 1. The molecule has 1 aliphatic carbocycles. The van der Waals surface area contributed by atoms with E-state index in [-0.39, 0.29) is 0 Å². The van der Waals surface area contributed by atoms with E-state index in [1.807, 2.05) is 20.8 Å². The topological polar surface area (TPSA) is 38.3 Å². The first-order valence-corrected chi connectivity index (χ1v) is 4.86. The molecule has 78 valence electrons. The van der Waals surface area contributed by atoms with Crippen molar-refractivity contribution in [3.8, 4) is 12.3 Å². The van der Waals surface area contributed by atoms with Crippen LogP contribution in [0.4, 0.5) is 4.79 Å². The van der Waals surface area contributed by atoms with Crippen molar-refractivity contribution < 1.29 is 9.53 Å². The van der Waals surface area contributed by atoms with Crippen molar-refractivity contribution in [2.45, 2.75) is 51.2 Å². The van der Waals surface area contributed by atoms with E-state index in [1.54, 1.807) is 0 Å². The number of terminal acetylenes is 1. The fourth-order valence-electron chi connectivity index (χ4n) is 1.33. The summed E-state index contributed by atoms with van der Waals surface area (Å²) in [6.07, 6.45) is 7.71. The normalized spacial score (nSPS) is 19.0. The molecular formula is C11H17NO2. The molecule has 1 rings (SSSR count). The van der Waals surface area contributed by atoms with Gasteiger partial charge in [0.15, 0.2) is 0 Å². The molecule has 0 unspecified atom stereocenters. The van der Waals surface area contributed by atoms with Crippen LogP contribution in [-0.4, -0.2) is 17.2 Å². The van der Waals surface area contributed by atoms with Crippen LogP contribution in [0.3, 0.4) is 0 Å². The maximum absolute atomic E-state index is 11.4. The van der Waals surface area contributed by atoms with Crippen molar-refractivity contribution in [1.82, 2.24) is 5.32 Å². The zero-order chi connectivity index (χ0) is 10.8. The second-order valence-corrected chi connectivity index (χ2v) is 4.71. The number of amides is 1. The second-order valence-electron chi connectivity index (χ2n) is 4.71. The molecule has 0 aliphatic heterocycles. The lowest BCUT2D eigenvalue weighted by Crippen LogP contribution is -2.53. The molecule has 3 nitrogen and oxygen atoms in total. The summed E-state index contributed by atoms with van der Waals surface area (Å²) in [5, 5.41) is 2.74. The molecule has 0 radical (unpaired) electrons. The van der Waals surface area contributed by atoms with Crippen molar-refractivity contribution in [3.05, 3.63) is 0 Å². The average molecular weight is 195 g/mol. The summed E-state index contributed by atoms with van der Waals surface area (Å²) in [6.45, 7) is 5.49. The van der Waals surface area contributed by atoms with Crippen LogP contribution in [0.15, 0.2) is 0 Å². The van der Waals surface area contributed by atoms with E-state index in [1.165, 1.54) is 0 Å². The van der Waals surface area contributed by atoms with E-state index < -0.39 is 17.2 Å². The molecule has 1 amide bonds. The number of alkyl carbamates (subject to hydrolysis) is 1. The predicted octanol–water partition coefficient (Wildman–Crippen LogP) is 2.07. The lowest BCUT2D eigenvalue weighted by molar-refractivity contribution is 0.0440. The third-order valence-electron chi connectivity index (χ3n) is 2.22. The third kappa shape index (κ3) is 2.66. The average Bonchev–Trinajstić information content (AvgIpc) is 1.93. The minimum absolute atomic E-state index is 0.421. The molecule has 0 atom stereocenters. The Hall–Kier alpha value is -1.17. The quantitative estimate of drug-likeness (QED) is 0.650. The molecule has 0 aromatic heterocycles. The Balaban J connectivity index is 2.45. The highest BCUT2D eigenvalue weighted by Crippen LogP contribution is 2.31. The number of rotatable bonds is 1. The zero-order valence-corrected chi connectivity index (χ0v) is 9.02. The van der Waals surface area contributed by atoms with Crippen LogP contribution in [0.1, 0.15) is 40.0 Å². The van der Waals surface area contributed by atoms with E-state index in [2.05, 4.69) is 11.2 Å². The van der Waals surface area contributed by atoms with Crippen LogP contribution >= 0.6 is 0 Å². The minimum atomic E-state index is -0.469. The van der Waals surface area contributed by atoms with Gasteiger partial charge in [-0.3, -0.25) is 0 Å². The molecule has 0 aromatic rings. The summed E-state index contributed by atoms with van der Waals surface area (Å²) in [5.74, 6) is 2.62. The van der Waals surface area contributed by atoms with Gasteiger partial charge in [0.1, 0.15) is 11.1 Å². The number of ether oxygens (including phenoxy) is 1. The molecule has 14 heavy (non-hydrogen) atoms. The molecule has 0 heterocycles. The Kier molecular flexibility index (Phi) is 2.75. The van der Waals surface area contributed by atoms with Crippen molar-refractivity contribution in [3.63, 3.8) is 0 Å². The van der Waals surface area contributed by atoms with Crippen molar-refractivity contribution in [2.75, 3.05) is 0 Å². The van der Waals surface area contributed by atoms with Gasteiger partial charge in [-0.2, -0.15) is 0 Å². The standard InChI is InChI=1S/C11H17NO2/c1-5-11(7-6-8-11)12-9(13)14-10(2,3)4/h1H,6-8H2,2-4H3,(H,12,13). The Morgan fingerprint density at radius 3 is 2.36 bits per heavy atom. The van der Waals surface area contributed by atoms with Gasteiger partial charge in [0.05, 0.1) is 0 Å². The van der Waals surface area contributed by atoms with Gasteiger partial charge < -0.3 is 10.1 Å². The molecule has 0 aromatic carbocycles. The molecule has 1 aliphatic rings. The Labute approximate surface area is 85.2 Å². The predicted molar refractivity (Wildman–Crippen MR) is 54.8 cm³/mol. The third-order valence-corrected chi connectivity index (χ3v) is 2.22. The maximum Gasteiger partial charge on any atom is 0.408 e. The van der Waals surface area contributed by atoms with Gasteiger partial charge in [-0.1, -0.05) is 5.92 Å². The van der Waals surface area contributed by atoms with E-state index in [4.69, 9.17) is 11.2 Å². The largest absolute Gasteiger partial charge is 0.444 e. The number of hydrogen-bond acceptors (Lipinski definition) is 2. The van der Waals surface area contributed by atoms with Crippen molar-refractivity contribution >= 4 is 6.09 Å². The Morgan fingerprint density at radius 2 is 2.07 bits per heavy atom. The van der Waals surface area contributed by atoms with Gasteiger partial charge in [0, 0.05) is 0 Å². The monoisotopic (exact) mass is 195 g/mol. The lowest BCUT2D eigenvalue weighted by Gasteiger charge is -2.38. The van der Waals surface area contributed by atoms with Crippen LogP contribution in [0.5, 0.6) is 0 Å². The first kappa shape index (κ1) is 10.9. The van der Waals surface area contributed by atoms with E-state index in [0.717, 1.165) is 19.3 Å². The lowest BCUT2D eigenvalue weighted by atomic mass is 9.78. The molecule has 0 saturated heterocycles. The number of nitrogens with one attached hydrogen (secondary N) is 1. The van der Waals surface area contributed by atoms with Gasteiger partial charge in [-0.15, -0.1) is 6.42 Å². The highest BCUT2D eigenvalue weighted by atomic mass is 16.6. The van der Waals surface area contributed by atoms with Gasteiger partial charge in [-0.25, -0.2) is 4.79 Å². The Morgan fingerprint density at radius 1 is 1.50 bits per heavy atom. The fourth-order valence-corrected chi connectivity index (χ4v) is 1.33. The van der Waals surface area contributed by atoms with Crippen LogP contribution in [0, 0.1) is 12.3 Å². The molecule has 1 N–H and O–H groups in total. The summed E-state index contributed by atoms with van der Waals surface area (Å²) in [7, 11) is 0. The summed E-state index contributed by atoms with van der Waals surface area (Å²) in [5.41, 5.74) is -0.911. The van der Waals surface area contributed by atoms with Crippen LogP contribution in [-0.2, 0) is 4.74 Å². The van der Waals surface area contributed by atoms with Crippen LogP contribution < -0.4 is 5.32 Å². The SMILES string of the molecule is C#CC1(NC(=O)OC(C)(C)C)CCC1. The van der Waals surface area contributed by atoms with Crippen LogP contribution in [0.2, 0.25) is 0 Å². The highest BCUT2D eigenvalue weighted by molar-refractivity contribution is 5.69. The maximum atomic E-state index is 11.4. The first-order chi connectivity index (χ1) is 6.37. The second kappa shape index (κ2) is 3.53. The smallest absolute Gasteiger partial charge is 0.408 e. The van der Waals surface area contributed by atoms with Gasteiger partial charge in [-0.05, 0) is 40.0 Å². The molecule has 0 spiro atoms.